The van der Waals surface area contributed by atoms with E-state index in [1.165, 1.54) is 0 Å². The summed E-state index contributed by atoms with van der Waals surface area (Å²) in [4.78, 5) is 11.1. The van der Waals surface area contributed by atoms with Gasteiger partial charge in [0.05, 0.1) is 12.3 Å². The third kappa shape index (κ3) is 2.91. The van der Waals surface area contributed by atoms with E-state index in [1.807, 2.05) is 13.0 Å². The SMILES string of the molecule is C[C@@H](NC(=O)CCN)c1ccco1. The molecule has 1 amide bonds. The average Bonchev–Trinajstić information content (AvgIpc) is 2.55. The van der Waals surface area contributed by atoms with Crippen molar-refractivity contribution in [3.05, 3.63) is 24.2 Å². The number of hydrogen-bond acceptors (Lipinski definition) is 3. The van der Waals surface area contributed by atoms with Crippen LogP contribution in [0, 0.1) is 0 Å². The van der Waals surface area contributed by atoms with Gasteiger partial charge in [0, 0.05) is 13.0 Å². The van der Waals surface area contributed by atoms with Crippen LogP contribution in [0.4, 0.5) is 0 Å². The van der Waals surface area contributed by atoms with E-state index in [0.29, 0.717) is 13.0 Å². The van der Waals surface area contributed by atoms with E-state index in [0.717, 1.165) is 5.76 Å². The van der Waals surface area contributed by atoms with Crippen LogP contribution >= 0.6 is 0 Å². The Bertz CT molecular complexity index is 257. The Balaban J connectivity index is 2.42. The molecule has 1 heterocycles. The largest absolute Gasteiger partial charge is 0.467 e. The number of nitrogens with two attached hydrogens (primary N) is 1. The number of furan rings is 1. The number of nitrogens with one attached hydrogen (secondary N) is 1. The van der Waals surface area contributed by atoms with Crippen LogP contribution in [0.25, 0.3) is 0 Å². The fourth-order valence-corrected chi connectivity index (χ4v) is 1.05. The molecule has 0 fully saturated rings. The highest BCUT2D eigenvalue weighted by Gasteiger charge is 2.10. The highest BCUT2D eigenvalue weighted by molar-refractivity contribution is 5.76. The molecule has 0 radical (unpaired) electrons. The standard InChI is InChI=1S/C9H14N2O2/c1-7(8-3-2-6-13-8)11-9(12)4-5-10/h2-3,6-7H,4-5,10H2,1H3,(H,11,12)/t7-/m1/s1. The Hall–Kier alpha value is -1.29. The number of amides is 1. The number of carbonyl (C=O) groups is 1. The Labute approximate surface area is 77.1 Å². The van der Waals surface area contributed by atoms with Gasteiger partial charge < -0.3 is 15.5 Å². The molecule has 13 heavy (non-hydrogen) atoms. The molecule has 0 aromatic carbocycles. The number of carbonyl (C=O) groups excluding carboxylic acids is 1. The van der Waals surface area contributed by atoms with E-state index in [2.05, 4.69) is 5.32 Å². The van der Waals surface area contributed by atoms with E-state index in [1.54, 1.807) is 12.3 Å². The van der Waals surface area contributed by atoms with Crippen LogP contribution in [0.5, 0.6) is 0 Å². The van der Waals surface area contributed by atoms with Crippen molar-refractivity contribution < 1.29 is 9.21 Å². The Morgan fingerprint density at radius 1 is 1.77 bits per heavy atom. The molecule has 3 N–H and O–H groups in total. The summed E-state index contributed by atoms with van der Waals surface area (Å²) in [5, 5.41) is 2.77. The highest BCUT2D eigenvalue weighted by Crippen LogP contribution is 2.11. The van der Waals surface area contributed by atoms with Crippen LogP contribution < -0.4 is 11.1 Å². The van der Waals surface area contributed by atoms with Crippen LogP contribution in [0.2, 0.25) is 0 Å². The molecule has 0 saturated carbocycles. The lowest BCUT2D eigenvalue weighted by atomic mass is 10.2. The molecular formula is C9H14N2O2. The molecule has 1 rings (SSSR count). The average molecular weight is 182 g/mol. The normalized spacial score (nSPS) is 12.5. The van der Waals surface area contributed by atoms with Crippen LogP contribution in [0.3, 0.4) is 0 Å². The summed E-state index contributed by atoms with van der Waals surface area (Å²) >= 11 is 0. The molecule has 0 spiro atoms. The maximum Gasteiger partial charge on any atom is 0.221 e. The van der Waals surface area contributed by atoms with Crippen molar-refractivity contribution in [3.63, 3.8) is 0 Å². The molecule has 0 aliphatic carbocycles. The second-order valence-corrected chi connectivity index (χ2v) is 2.84. The summed E-state index contributed by atoms with van der Waals surface area (Å²) in [5.41, 5.74) is 5.24. The third-order valence-electron chi connectivity index (χ3n) is 1.72. The lowest BCUT2D eigenvalue weighted by Gasteiger charge is -2.10. The first kappa shape index (κ1) is 9.80. The smallest absolute Gasteiger partial charge is 0.221 e. The topological polar surface area (TPSA) is 68.3 Å². The minimum atomic E-state index is -0.0888. The quantitative estimate of drug-likeness (QED) is 0.723. The fraction of sp³-hybridized carbons (Fsp3) is 0.444. The zero-order valence-corrected chi connectivity index (χ0v) is 7.62. The lowest BCUT2D eigenvalue weighted by molar-refractivity contribution is -0.121. The van der Waals surface area contributed by atoms with E-state index in [-0.39, 0.29) is 11.9 Å². The summed E-state index contributed by atoms with van der Waals surface area (Å²) in [6.07, 6.45) is 1.94. The van der Waals surface area contributed by atoms with Crippen molar-refractivity contribution >= 4 is 5.91 Å². The third-order valence-corrected chi connectivity index (χ3v) is 1.72. The van der Waals surface area contributed by atoms with Crippen molar-refractivity contribution in [1.82, 2.24) is 5.32 Å². The molecule has 1 aromatic heterocycles. The summed E-state index contributed by atoms with van der Waals surface area (Å²) in [7, 11) is 0. The van der Waals surface area contributed by atoms with Gasteiger partial charge in [-0.2, -0.15) is 0 Å². The second-order valence-electron chi connectivity index (χ2n) is 2.84. The van der Waals surface area contributed by atoms with Gasteiger partial charge in [0.15, 0.2) is 0 Å². The zero-order chi connectivity index (χ0) is 9.68. The van der Waals surface area contributed by atoms with Gasteiger partial charge in [-0.1, -0.05) is 0 Å². The lowest BCUT2D eigenvalue weighted by Crippen LogP contribution is -2.28. The summed E-state index contributed by atoms with van der Waals surface area (Å²) < 4.78 is 5.13. The molecule has 0 aliphatic rings. The van der Waals surface area contributed by atoms with Crippen molar-refractivity contribution in [2.24, 2.45) is 5.73 Å². The Morgan fingerprint density at radius 2 is 2.54 bits per heavy atom. The van der Waals surface area contributed by atoms with Crippen molar-refractivity contribution in [3.8, 4) is 0 Å². The van der Waals surface area contributed by atoms with E-state index in [4.69, 9.17) is 10.2 Å². The first-order valence-electron chi connectivity index (χ1n) is 4.27. The predicted octanol–water partition coefficient (Wildman–Crippen LogP) is 0.806. The Kier molecular flexibility index (Phi) is 3.52. The Morgan fingerprint density at radius 3 is 3.08 bits per heavy atom. The minimum Gasteiger partial charge on any atom is -0.467 e. The van der Waals surface area contributed by atoms with Crippen LogP contribution in [-0.4, -0.2) is 12.5 Å². The van der Waals surface area contributed by atoms with Crippen LogP contribution in [0.1, 0.15) is 25.1 Å². The van der Waals surface area contributed by atoms with Crippen molar-refractivity contribution in [1.29, 1.82) is 0 Å². The molecule has 0 saturated heterocycles. The first-order valence-corrected chi connectivity index (χ1v) is 4.27. The van der Waals surface area contributed by atoms with Crippen LogP contribution in [-0.2, 0) is 4.79 Å². The summed E-state index contributed by atoms with van der Waals surface area (Å²) in [6, 6.07) is 3.53. The molecular weight excluding hydrogens is 168 g/mol. The van der Waals surface area contributed by atoms with Crippen molar-refractivity contribution in [2.45, 2.75) is 19.4 Å². The molecule has 72 valence electrons. The van der Waals surface area contributed by atoms with Gasteiger partial charge >= 0.3 is 0 Å². The molecule has 0 aliphatic heterocycles. The van der Waals surface area contributed by atoms with Gasteiger partial charge in [0.2, 0.25) is 5.91 Å². The van der Waals surface area contributed by atoms with Gasteiger partial charge in [-0.25, -0.2) is 0 Å². The number of rotatable bonds is 4. The predicted molar refractivity (Wildman–Crippen MR) is 48.9 cm³/mol. The maximum atomic E-state index is 11.1. The van der Waals surface area contributed by atoms with Crippen LogP contribution in [0.15, 0.2) is 22.8 Å². The van der Waals surface area contributed by atoms with Gasteiger partial charge in [-0.05, 0) is 19.1 Å². The van der Waals surface area contributed by atoms with E-state index in [9.17, 15) is 4.79 Å². The highest BCUT2D eigenvalue weighted by atomic mass is 16.3. The second kappa shape index (κ2) is 4.67. The molecule has 4 nitrogen and oxygen atoms in total. The fourth-order valence-electron chi connectivity index (χ4n) is 1.05. The first-order chi connectivity index (χ1) is 6.24. The number of hydrogen-bond donors (Lipinski definition) is 2. The zero-order valence-electron chi connectivity index (χ0n) is 7.62. The van der Waals surface area contributed by atoms with Gasteiger partial charge in [-0.3, -0.25) is 4.79 Å². The van der Waals surface area contributed by atoms with Gasteiger partial charge in [-0.15, -0.1) is 0 Å². The maximum absolute atomic E-state index is 11.1. The molecule has 0 unspecified atom stereocenters. The molecule has 0 bridgehead atoms. The van der Waals surface area contributed by atoms with Gasteiger partial charge in [0.1, 0.15) is 5.76 Å². The van der Waals surface area contributed by atoms with Crippen molar-refractivity contribution in [2.75, 3.05) is 6.54 Å². The monoisotopic (exact) mass is 182 g/mol. The molecule has 1 aromatic rings. The van der Waals surface area contributed by atoms with E-state index < -0.39 is 0 Å². The molecule has 1 atom stereocenters. The summed E-state index contributed by atoms with van der Waals surface area (Å²) in [5.74, 6) is 0.705. The van der Waals surface area contributed by atoms with Gasteiger partial charge in [0.25, 0.3) is 0 Å². The molecule has 4 heteroatoms. The summed E-state index contributed by atoms with van der Waals surface area (Å²) in [6.45, 7) is 2.24. The van der Waals surface area contributed by atoms with E-state index >= 15 is 0 Å². The minimum absolute atomic E-state index is 0.0496.